The second-order valence-corrected chi connectivity index (χ2v) is 7.43. The zero-order valence-corrected chi connectivity index (χ0v) is 16.9. The quantitative estimate of drug-likeness (QED) is 0.425. The van der Waals surface area contributed by atoms with Crippen LogP contribution in [0.1, 0.15) is 21.1 Å². The Bertz CT molecular complexity index is 746. The molecule has 134 valence electrons. The standard InChI is InChI=1S/C17H22BrN5OS/c1-12-22-15(11-25-12)10-23(3)17(19-2)21-8-7-20-16(24)13-5-4-6-14(18)9-13/h4-6,9,11H,7-8,10H2,1-3H3,(H,19,21)(H,20,24). The van der Waals surface area contributed by atoms with Crippen molar-refractivity contribution >= 4 is 39.1 Å². The molecule has 1 aromatic carbocycles. The number of aryl methyl sites for hydroxylation is 1. The van der Waals surface area contributed by atoms with Gasteiger partial charge >= 0.3 is 0 Å². The maximum absolute atomic E-state index is 12.1. The lowest BCUT2D eigenvalue weighted by Crippen LogP contribution is -2.42. The van der Waals surface area contributed by atoms with E-state index in [4.69, 9.17) is 0 Å². The first-order valence-electron chi connectivity index (χ1n) is 7.86. The number of hydrogen-bond donors (Lipinski definition) is 2. The van der Waals surface area contributed by atoms with Gasteiger partial charge in [0.15, 0.2) is 5.96 Å². The van der Waals surface area contributed by atoms with Gasteiger partial charge < -0.3 is 15.5 Å². The number of carbonyl (C=O) groups is 1. The van der Waals surface area contributed by atoms with Gasteiger partial charge in [-0.1, -0.05) is 22.0 Å². The molecule has 1 heterocycles. The highest BCUT2D eigenvalue weighted by atomic mass is 79.9. The van der Waals surface area contributed by atoms with Gasteiger partial charge in [0.2, 0.25) is 0 Å². The normalized spacial score (nSPS) is 11.3. The van der Waals surface area contributed by atoms with Gasteiger partial charge in [-0.15, -0.1) is 11.3 Å². The predicted molar refractivity (Wildman–Crippen MR) is 106 cm³/mol. The van der Waals surface area contributed by atoms with Gasteiger partial charge in [-0.05, 0) is 25.1 Å². The Hall–Kier alpha value is -1.93. The zero-order valence-electron chi connectivity index (χ0n) is 14.5. The Morgan fingerprint density at radius 1 is 1.36 bits per heavy atom. The van der Waals surface area contributed by atoms with E-state index in [0.717, 1.165) is 21.1 Å². The molecule has 0 bridgehead atoms. The summed E-state index contributed by atoms with van der Waals surface area (Å²) in [6.45, 7) is 3.78. The molecule has 1 aromatic heterocycles. The van der Waals surface area contributed by atoms with E-state index in [-0.39, 0.29) is 5.91 Å². The van der Waals surface area contributed by atoms with Gasteiger partial charge in [-0.3, -0.25) is 9.79 Å². The summed E-state index contributed by atoms with van der Waals surface area (Å²) in [6.07, 6.45) is 0. The molecule has 2 aromatic rings. The van der Waals surface area contributed by atoms with Gasteiger partial charge in [0.1, 0.15) is 0 Å². The number of carbonyl (C=O) groups excluding carboxylic acids is 1. The molecule has 0 aliphatic carbocycles. The minimum Gasteiger partial charge on any atom is -0.354 e. The lowest BCUT2D eigenvalue weighted by Gasteiger charge is -2.21. The first-order valence-corrected chi connectivity index (χ1v) is 9.53. The van der Waals surface area contributed by atoms with Gasteiger partial charge in [-0.2, -0.15) is 0 Å². The molecule has 1 amide bonds. The molecule has 25 heavy (non-hydrogen) atoms. The fourth-order valence-corrected chi connectivity index (χ4v) is 3.27. The highest BCUT2D eigenvalue weighted by Crippen LogP contribution is 2.11. The van der Waals surface area contributed by atoms with E-state index in [1.165, 1.54) is 0 Å². The number of amides is 1. The molecule has 0 fully saturated rings. The number of thiazole rings is 1. The van der Waals surface area contributed by atoms with Crippen molar-refractivity contribution in [3.8, 4) is 0 Å². The summed E-state index contributed by atoms with van der Waals surface area (Å²) in [7, 11) is 3.70. The maximum Gasteiger partial charge on any atom is 0.251 e. The van der Waals surface area contributed by atoms with Crippen LogP contribution in [0.15, 0.2) is 39.1 Å². The van der Waals surface area contributed by atoms with E-state index in [1.807, 2.05) is 31.0 Å². The monoisotopic (exact) mass is 423 g/mol. The van der Waals surface area contributed by atoms with Crippen molar-refractivity contribution in [1.29, 1.82) is 0 Å². The van der Waals surface area contributed by atoms with E-state index >= 15 is 0 Å². The molecule has 0 saturated carbocycles. The molecule has 8 heteroatoms. The molecule has 0 atom stereocenters. The Kier molecular flexibility index (Phi) is 7.39. The molecule has 0 aliphatic rings. The number of benzene rings is 1. The fraction of sp³-hybridized carbons (Fsp3) is 0.353. The predicted octanol–water partition coefficient (Wildman–Crippen LogP) is 2.65. The van der Waals surface area contributed by atoms with Crippen LogP contribution in [-0.4, -0.2) is 48.9 Å². The van der Waals surface area contributed by atoms with Crippen LogP contribution in [0.25, 0.3) is 0 Å². The summed E-state index contributed by atoms with van der Waals surface area (Å²) in [5, 5.41) is 9.24. The summed E-state index contributed by atoms with van der Waals surface area (Å²) in [4.78, 5) is 22.8. The van der Waals surface area contributed by atoms with Crippen LogP contribution in [0, 0.1) is 6.92 Å². The molecule has 2 rings (SSSR count). The summed E-state index contributed by atoms with van der Waals surface area (Å²) in [5.74, 6) is 0.673. The summed E-state index contributed by atoms with van der Waals surface area (Å²) >= 11 is 5.01. The fourth-order valence-electron chi connectivity index (χ4n) is 2.27. The molecule has 0 saturated heterocycles. The van der Waals surface area contributed by atoms with Crippen LogP contribution >= 0.6 is 27.3 Å². The van der Waals surface area contributed by atoms with Crippen molar-refractivity contribution in [2.45, 2.75) is 13.5 Å². The number of guanidine groups is 1. The Morgan fingerprint density at radius 2 is 2.12 bits per heavy atom. The molecule has 2 N–H and O–H groups in total. The van der Waals surface area contributed by atoms with E-state index in [0.29, 0.717) is 25.2 Å². The third-order valence-electron chi connectivity index (χ3n) is 3.42. The highest BCUT2D eigenvalue weighted by molar-refractivity contribution is 9.10. The smallest absolute Gasteiger partial charge is 0.251 e. The van der Waals surface area contributed by atoms with Crippen molar-refractivity contribution in [3.05, 3.63) is 50.4 Å². The number of nitrogens with zero attached hydrogens (tertiary/aromatic N) is 3. The van der Waals surface area contributed by atoms with Crippen molar-refractivity contribution in [3.63, 3.8) is 0 Å². The summed E-state index contributed by atoms with van der Waals surface area (Å²) < 4.78 is 0.887. The van der Waals surface area contributed by atoms with Crippen LogP contribution in [-0.2, 0) is 6.54 Å². The average molecular weight is 424 g/mol. The number of aromatic nitrogens is 1. The van der Waals surface area contributed by atoms with Gasteiger partial charge in [-0.25, -0.2) is 4.98 Å². The average Bonchev–Trinajstić information content (AvgIpc) is 2.99. The maximum atomic E-state index is 12.1. The molecular weight excluding hydrogens is 402 g/mol. The third-order valence-corrected chi connectivity index (χ3v) is 4.74. The van der Waals surface area contributed by atoms with Gasteiger partial charge in [0.25, 0.3) is 5.91 Å². The van der Waals surface area contributed by atoms with Gasteiger partial charge in [0, 0.05) is 42.6 Å². The summed E-state index contributed by atoms with van der Waals surface area (Å²) in [6, 6.07) is 7.32. The van der Waals surface area contributed by atoms with Crippen LogP contribution in [0.4, 0.5) is 0 Å². The topological polar surface area (TPSA) is 69.6 Å². The van der Waals surface area contributed by atoms with Crippen molar-refractivity contribution in [2.24, 2.45) is 4.99 Å². The Labute approximate surface area is 160 Å². The number of aliphatic imine (C=N–C) groups is 1. The zero-order chi connectivity index (χ0) is 18.2. The number of halogens is 1. The van der Waals surface area contributed by atoms with Crippen molar-refractivity contribution in [1.82, 2.24) is 20.5 Å². The van der Waals surface area contributed by atoms with E-state index in [2.05, 4.69) is 41.9 Å². The lowest BCUT2D eigenvalue weighted by molar-refractivity contribution is 0.0954. The Balaban J connectivity index is 1.76. The minimum absolute atomic E-state index is 0.0932. The molecule has 0 radical (unpaired) electrons. The number of nitrogens with one attached hydrogen (secondary N) is 2. The van der Waals surface area contributed by atoms with Gasteiger partial charge in [0.05, 0.1) is 17.2 Å². The second-order valence-electron chi connectivity index (χ2n) is 5.45. The lowest BCUT2D eigenvalue weighted by atomic mass is 10.2. The van der Waals surface area contributed by atoms with Crippen LogP contribution in [0.3, 0.4) is 0 Å². The SMILES string of the molecule is CN=C(NCCNC(=O)c1cccc(Br)c1)N(C)Cc1csc(C)n1. The molecular formula is C17H22BrN5OS. The Morgan fingerprint density at radius 3 is 2.76 bits per heavy atom. The van der Waals surface area contributed by atoms with Crippen LogP contribution in [0.2, 0.25) is 0 Å². The molecule has 0 unspecified atom stereocenters. The van der Waals surface area contributed by atoms with Crippen LogP contribution in [0.5, 0.6) is 0 Å². The first-order chi connectivity index (χ1) is 12.0. The van der Waals surface area contributed by atoms with Crippen LogP contribution < -0.4 is 10.6 Å². The minimum atomic E-state index is -0.0932. The van der Waals surface area contributed by atoms with E-state index in [1.54, 1.807) is 30.5 Å². The second kappa shape index (κ2) is 9.53. The van der Waals surface area contributed by atoms with E-state index in [9.17, 15) is 4.79 Å². The summed E-state index contributed by atoms with van der Waals surface area (Å²) in [5.41, 5.74) is 1.66. The number of rotatable bonds is 6. The number of hydrogen-bond acceptors (Lipinski definition) is 4. The molecule has 0 aliphatic heterocycles. The first kappa shape index (κ1) is 19.4. The highest BCUT2D eigenvalue weighted by Gasteiger charge is 2.09. The van der Waals surface area contributed by atoms with E-state index < -0.39 is 0 Å². The molecule has 0 spiro atoms. The van der Waals surface area contributed by atoms with Crippen molar-refractivity contribution in [2.75, 3.05) is 27.2 Å². The van der Waals surface area contributed by atoms with Crippen molar-refractivity contribution < 1.29 is 4.79 Å². The molecule has 6 nitrogen and oxygen atoms in total. The largest absolute Gasteiger partial charge is 0.354 e. The third kappa shape index (κ3) is 6.13.